The van der Waals surface area contributed by atoms with Crippen LogP contribution in [-0.4, -0.2) is 9.55 Å². The second kappa shape index (κ2) is 3.86. The summed E-state index contributed by atoms with van der Waals surface area (Å²) >= 11 is 0. The quantitative estimate of drug-likeness (QED) is 0.792. The van der Waals surface area contributed by atoms with Gasteiger partial charge in [0.1, 0.15) is 5.82 Å². The van der Waals surface area contributed by atoms with Crippen LogP contribution in [0.5, 0.6) is 0 Å². The highest BCUT2D eigenvalue weighted by Gasteiger charge is 2.31. The van der Waals surface area contributed by atoms with Gasteiger partial charge in [0.25, 0.3) is 0 Å². The van der Waals surface area contributed by atoms with E-state index in [1.807, 2.05) is 10.8 Å². The third-order valence-electron chi connectivity index (χ3n) is 3.06. The molecule has 0 bridgehead atoms. The van der Waals surface area contributed by atoms with E-state index in [1.54, 1.807) is 12.3 Å². The number of benzene rings is 1. The van der Waals surface area contributed by atoms with E-state index < -0.39 is 11.7 Å². The number of nitrogens with zero attached hydrogens (tertiary/aromatic N) is 2. The van der Waals surface area contributed by atoms with Crippen LogP contribution in [0.15, 0.2) is 36.7 Å². The first kappa shape index (κ1) is 11.3. The molecule has 2 aromatic rings. The van der Waals surface area contributed by atoms with E-state index in [1.165, 1.54) is 6.07 Å². The lowest BCUT2D eigenvalue weighted by Crippen LogP contribution is -2.05. The van der Waals surface area contributed by atoms with Crippen LogP contribution in [-0.2, 0) is 6.18 Å². The summed E-state index contributed by atoms with van der Waals surface area (Å²) in [6.45, 7) is 0. The van der Waals surface area contributed by atoms with Crippen molar-refractivity contribution in [1.82, 2.24) is 9.55 Å². The Morgan fingerprint density at radius 3 is 2.67 bits per heavy atom. The van der Waals surface area contributed by atoms with Gasteiger partial charge in [-0.3, -0.25) is 0 Å². The summed E-state index contributed by atoms with van der Waals surface area (Å²) in [6, 6.07) is 5.72. The topological polar surface area (TPSA) is 17.8 Å². The van der Waals surface area contributed by atoms with Gasteiger partial charge in [0.2, 0.25) is 0 Å². The van der Waals surface area contributed by atoms with Gasteiger partial charge in [0, 0.05) is 24.0 Å². The van der Waals surface area contributed by atoms with Gasteiger partial charge < -0.3 is 4.57 Å². The predicted octanol–water partition coefficient (Wildman–Crippen LogP) is 3.90. The maximum absolute atomic E-state index is 12.7. The van der Waals surface area contributed by atoms with Crippen molar-refractivity contribution >= 4 is 0 Å². The number of alkyl halides is 3. The second-order valence-electron chi connectivity index (χ2n) is 4.47. The first-order chi connectivity index (χ1) is 8.55. The normalized spacial score (nSPS) is 15.9. The lowest BCUT2D eigenvalue weighted by molar-refractivity contribution is -0.137. The lowest BCUT2D eigenvalue weighted by Gasteiger charge is -2.10. The van der Waals surface area contributed by atoms with Gasteiger partial charge in [0.05, 0.1) is 5.56 Å². The molecule has 1 saturated carbocycles. The highest BCUT2D eigenvalue weighted by atomic mass is 19.4. The summed E-state index contributed by atoms with van der Waals surface area (Å²) in [7, 11) is 0. The summed E-state index contributed by atoms with van der Waals surface area (Å²) in [5.74, 6) is 0.614. The molecule has 94 valence electrons. The molecule has 2 nitrogen and oxygen atoms in total. The van der Waals surface area contributed by atoms with Crippen molar-refractivity contribution in [2.75, 3.05) is 0 Å². The first-order valence-corrected chi connectivity index (χ1v) is 5.76. The van der Waals surface area contributed by atoms with Crippen molar-refractivity contribution in [2.45, 2.75) is 25.1 Å². The van der Waals surface area contributed by atoms with Gasteiger partial charge in [-0.1, -0.05) is 12.1 Å². The van der Waals surface area contributed by atoms with E-state index in [0.29, 0.717) is 17.4 Å². The van der Waals surface area contributed by atoms with Gasteiger partial charge in [-0.2, -0.15) is 13.2 Å². The molecule has 0 spiro atoms. The molecule has 1 fully saturated rings. The molecule has 0 atom stereocenters. The first-order valence-electron chi connectivity index (χ1n) is 5.76. The van der Waals surface area contributed by atoms with Crippen molar-refractivity contribution in [3.8, 4) is 11.4 Å². The number of aromatic nitrogens is 2. The zero-order valence-corrected chi connectivity index (χ0v) is 9.48. The van der Waals surface area contributed by atoms with Crippen LogP contribution >= 0.6 is 0 Å². The minimum Gasteiger partial charge on any atom is -0.328 e. The Kier molecular flexibility index (Phi) is 2.43. The SMILES string of the molecule is FC(F)(F)c1cccc(-c2nccn2C2CC2)c1. The average molecular weight is 252 g/mol. The fourth-order valence-electron chi connectivity index (χ4n) is 2.02. The zero-order valence-electron chi connectivity index (χ0n) is 9.48. The fourth-order valence-corrected chi connectivity index (χ4v) is 2.02. The van der Waals surface area contributed by atoms with Gasteiger partial charge in [-0.15, -0.1) is 0 Å². The molecular weight excluding hydrogens is 241 g/mol. The highest BCUT2D eigenvalue weighted by Crippen LogP contribution is 2.38. The molecule has 0 saturated heterocycles. The number of hydrogen-bond acceptors (Lipinski definition) is 1. The van der Waals surface area contributed by atoms with Crippen LogP contribution in [0.4, 0.5) is 13.2 Å². The van der Waals surface area contributed by atoms with E-state index in [2.05, 4.69) is 4.98 Å². The minimum absolute atomic E-state index is 0.400. The molecule has 0 aliphatic heterocycles. The van der Waals surface area contributed by atoms with Crippen LogP contribution in [0.25, 0.3) is 11.4 Å². The number of hydrogen-bond donors (Lipinski definition) is 0. The Morgan fingerprint density at radius 1 is 1.22 bits per heavy atom. The molecular formula is C13H11F3N2. The van der Waals surface area contributed by atoms with Gasteiger partial charge in [-0.05, 0) is 25.0 Å². The van der Waals surface area contributed by atoms with Crippen molar-refractivity contribution < 1.29 is 13.2 Å². The zero-order chi connectivity index (χ0) is 12.8. The highest BCUT2D eigenvalue weighted by molar-refractivity contribution is 5.57. The smallest absolute Gasteiger partial charge is 0.328 e. The third kappa shape index (κ3) is 2.00. The van der Waals surface area contributed by atoms with E-state index >= 15 is 0 Å². The maximum atomic E-state index is 12.7. The summed E-state index contributed by atoms with van der Waals surface area (Å²) in [4.78, 5) is 4.17. The van der Waals surface area contributed by atoms with Crippen molar-refractivity contribution in [3.05, 3.63) is 42.2 Å². The van der Waals surface area contributed by atoms with E-state index in [4.69, 9.17) is 0 Å². The summed E-state index contributed by atoms with van der Waals surface area (Å²) < 4.78 is 39.9. The summed E-state index contributed by atoms with van der Waals surface area (Å²) in [5.41, 5.74) is -0.118. The summed E-state index contributed by atoms with van der Waals surface area (Å²) in [6.07, 6.45) is 1.29. The largest absolute Gasteiger partial charge is 0.416 e. The van der Waals surface area contributed by atoms with Crippen molar-refractivity contribution in [2.24, 2.45) is 0 Å². The predicted molar refractivity (Wildman–Crippen MR) is 60.9 cm³/mol. The van der Waals surface area contributed by atoms with Crippen LogP contribution < -0.4 is 0 Å². The lowest BCUT2D eigenvalue weighted by atomic mass is 10.1. The van der Waals surface area contributed by atoms with E-state index in [-0.39, 0.29) is 0 Å². The molecule has 1 aromatic carbocycles. The number of halogens is 3. The van der Waals surface area contributed by atoms with Gasteiger partial charge >= 0.3 is 6.18 Å². The average Bonchev–Trinajstić information content (AvgIpc) is 3.06. The maximum Gasteiger partial charge on any atom is 0.416 e. The standard InChI is InChI=1S/C13H11F3N2/c14-13(15,16)10-3-1-2-9(8-10)12-17-6-7-18(12)11-4-5-11/h1-3,6-8,11H,4-5H2. The van der Waals surface area contributed by atoms with Gasteiger partial charge in [-0.25, -0.2) is 4.98 Å². The van der Waals surface area contributed by atoms with Crippen molar-refractivity contribution in [1.29, 1.82) is 0 Å². The summed E-state index contributed by atoms with van der Waals surface area (Å²) in [5, 5.41) is 0. The molecule has 1 heterocycles. The Bertz CT molecular complexity index is 568. The second-order valence-corrected chi connectivity index (χ2v) is 4.47. The molecule has 1 aromatic heterocycles. The Labute approximate surface area is 102 Å². The Hall–Kier alpha value is -1.78. The van der Waals surface area contributed by atoms with Crippen LogP contribution in [0, 0.1) is 0 Å². The Balaban J connectivity index is 2.03. The minimum atomic E-state index is -4.31. The van der Waals surface area contributed by atoms with Crippen LogP contribution in [0.3, 0.4) is 0 Å². The molecule has 5 heteroatoms. The Morgan fingerprint density at radius 2 is 2.00 bits per heavy atom. The van der Waals surface area contributed by atoms with Crippen LogP contribution in [0.1, 0.15) is 24.4 Å². The monoisotopic (exact) mass is 252 g/mol. The molecule has 0 radical (unpaired) electrons. The third-order valence-corrected chi connectivity index (χ3v) is 3.06. The van der Waals surface area contributed by atoms with Gasteiger partial charge in [0.15, 0.2) is 0 Å². The molecule has 3 rings (SSSR count). The van der Waals surface area contributed by atoms with Crippen molar-refractivity contribution in [3.63, 3.8) is 0 Å². The molecule has 1 aliphatic carbocycles. The number of rotatable bonds is 2. The molecule has 0 amide bonds. The molecule has 0 unspecified atom stereocenters. The molecule has 1 aliphatic rings. The fraction of sp³-hybridized carbons (Fsp3) is 0.308. The van der Waals surface area contributed by atoms with E-state index in [0.717, 1.165) is 25.0 Å². The molecule has 0 N–H and O–H groups in total. The van der Waals surface area contributed by atoms with Crippen LogP contribution in [0.2, 0.25) is 0 Å². The number of imidazole rings is 1. The van der Waals surface area contributed by atoms with E-state index in [9.17, 15) is 13.2 Å². The molecule has 18 heavy (non-hydrogen) atoms.